The Labute approximate surface area is 250 Å². The van der Waals surface area contributed by atoms with Crippen LogP contribution in [0.5, 0.6) is 0 Å². The first kappa shape index (κ1) is 30.0. The molecule has 0 aliphatic heterocycles. The zero-order valence-corrected chi connectivity index (χ0v) is 25.7. The lowest BCUT2D eigenvalue weighted by Gasteiger charge is -2.26. The third-order valence-corrected chi connectivity index (χ3v) is 10.0. The Morgan fingerprint density at radius 2 is 1.67 bits per heavy atom. The van der Waals surface area contributed by atoms with Crippen molar-refractivity contribution >= 4 is 26.8 Å². The average Bonchev–Trinajstić information content (AvgIpc) is 3.18. The smallest absolute Gasteiger partial charge is 0.223 e. The summed E-state index contributed by atoms with van der Waals surface area (Å²) in [6.45, 7) is 2.66. The van der Waals surface area contributed by atoms with E-state index in [-0.39, 0.29) is 17.9 Å². The molecule has 1 N–H and O–H groups in total. The molecular weight excluding hydrogens is 542 g/mol. The van der Waals surface area contributed by atoms with Crippen molar-refractivity contribution in [1.82, 2.24) is 14.9 Å². The second-order valence-corrected chi connectivity index (χ2v) is 14.0. The van der Waals surface area contributed by atoms with E-state index < -0.39 is 9.84 Å². The average molecular weight is 586 g/mol. The normalized spacial score (nSPS) is 16.1. The van der Waals surface area contributed by atoms with E-state index in [0.29, 0.717) is 17.4 Å². The molecule has 2 atom stereocenters. The number of rotatable bonds is 11. The van der Waals surface area contributed by atoms with Crippen LogP contribution in [0.3, 0.4) is 0 Å². The standard InChI is InChI=1S/C35H43N3O3S/c1-26(38-25-33(29-15-8-5-9-16-29)32-18-11-23-36-34(32)38)12-10-17-31(28-13-6-3-4-7-14-28)35(39)37-24-27-19-21-30(22-20-27)42(2,40)41/h5,8-9,11,15-16,18-23,25-26,28,31H,3-4,6-7,10,12-14,17,24H2,1-2H3,(H,37,39). The lowest BCUT2D eigenvalue weighted by atomic mass is 9.82. The SMILES string of the molecule is CC(CCCC(C(=O)NCc1ccc(S(C)(=O)=O)cc1)C1CCCCCC1)n1cc(-c2ccccc2)c2cccnc21. The molecule has 2 unspecified atom stereocenters. The number of amides is 1. The molecule has 2 aromatic carbocycles. The Balaban J connectivity index is 1.26. The summed E-state index contributed by atoms with van der Waals surface area (Å²) in [4.78, 5) is 18.6. The Bertz CT molecular complexity index is 1570. The number of hydrogen-bond acceptors (Lipinski definition) is 4. The highest BCUT2D eigenvalue weighted by Crippen LogP contribution is 2.35. The predicted molar refractivity (Wildman–Crippen MR) is 170 cm³/mol. The highest BCUT2D eigenvalue weighted by Gasteiger charge is 2.29. The summed E-state index contributed by atoms with van der Waals surface area (Å²) >= 11 is 0. The van der Waals surface area contributed by atoms with Gasteiger partial charge in [0.2, 0.25) is 5.91 Å². The van der Waals surface area contributed by atoms with Gasteiger partial charge in [0.05, 0.1) is 4.90 Å². The summed E-state index contributed by atoms with van der Waals surface area (Å²) in [6.07, 6.45) is 15.2. The molecule has 6 nitrogen and oxygen atoms in total. The van der Waals surface area contributed by atoms with Crippen LogP contribution in [0.4, 0.5) is 0 Å². The first-order valence-electron chi connectivity index (χ1n) is 15.4. The molecule has 42 heavy (non-hydrogen) atoms. The van der Waals surface area contributed by atoms with Crippen LogP contribution in [-0.4, -0.2) is 30.1 Å². The van der Waals surface area contributed by atoms with Crippen LogP contribution in [0.15, 0.2) is 84.0 Å². The minimum Gasteiger partial charge on any atom is -0.352 e. The van der Waals surface area contributed by atoms with Gasteiger partial charge >= 0.3 is 0 Å². The molecule has 222 valence electrons. The van der Waals surface area contributed by atoms with Gasteiger partial charge in [-0.3, -0.25) is 4.79 Å². The second kappa shape index (κ2) is 13.7. The number of hydrogen-bond donors (Lipinski definition) is 1. The molecule has 2 heterocycles. The van der Waals surface area contributed by atoms with Gasteiger partial charge in [0, 0.05) is 48.1 Å². The maximum absolute atomic E-state index is 13.6. The lowest BCUT2D eigenvalue weighted by Crippen LogP contribution is -2.35. The molecular formula is C35H43N3O3S. The van der Waals surface area contributed by atoms with Crippen molar-refractivity contribution in [1.29, 1.82) is 0 Å². The second-order valence-electron chi connectivity index (χ2n) is 12.0. The third-order valence-electron chi connectivity index (χ3n) is 8.91. The van der Waals surface area contributed by atoms with E-state index in [4.69, 9.17) is 4.98 Å². The molecule has 1 fully saturated rings. The minimum absolute atomic E-state index is 0.00926. The number of benzene rings is 2. The molecule has 5 rings (SSSR count). The molecule has 1 aliphatic rings. The van der Waals surface area contributed by atoms with E-state index in [9.17, 15) is 13.2 Å². The highest BCUT2D eigenvalue weighted by atomic mass is 32.2. The summed E-state index contributed by atoms with van der Waals surface area (Å²) < 4.78 is 25.9. The molecule has 1 aliphatic carbocycles. The summed E-state index contributed by atoms with van der Waals surface area (Å²) in [5.41, 5.74) is 4.30. The molecule has 0 saturated heterocycles. The van der Waals surface area contributed by atoms with Gasteiger partial charge in [0.25, 0.3) is 0 Å². The maximum atomic E-state index is 13.6. The van der Waals surface area contributed by atoms with Crippen LogP contribution in [0.1, 0.15) is 76.3 Å². The summed E-state index contributed by atoms with van der Waals surface area (Å²) in [5, 5.41) is 4.35. The molecule has 1 saturated carbocycles. The van der Waals surface area contributed by atoms with Gasteiger partial charge in [-0.15, -0.1) is 0 Å². The van der Waals surface area contributed by atoms with Crippen molar-refractivity contribution in [2.75, 3.05) is 6.26 Å². The van der Waals surface area contributed by atoms with Crippen LogP contribution < -0.4 is 5.32 Å². The first-order chi connectivity index (χ1) is 20.3. The fraction of sp³-hybridized carbons (Fsp3) is 0.429. The Morgan fingerprint density at radius 3 is 2.36 bits per heavy atom. The third kappa shape index (κ3) is 7.30. The van der Waals surface area contributed by atoms with Crippen molar-refractivity contribution in [2.45, 2.75) is 82.2 Å². The number of nitrogens with zero attached hydrogens (tertiary/aromatic N) is 2. The summed E-state index contributed by atoms with van der Waals surface area (Å²) in [7, 11) is -3.24. The minimum atomic E-state index is -3.24. The predicted octanol–water partition coefficient (Wildman–Crippen LogP) is 7.74. The van der Waals surface area contributed by atoms with Gasteiger partial charge in [-0.1, -0.05) is 74.6 Å². The number of carbonyl (C=O) groups excluding carboxylic acids is 1. The molecule has 0 radical (unpaired) electrons. The first-order valence-corrected chi connectivity index (χ1v) is 17.3. The molecule has 7 heteroatoms. The zero-order valence-electron chi connectivity index (χ0n) is 24.8. The molecule has 2 aromatic heterocycles. The molecule has 4 aromatic rings. The fourth-order valence-corrected chi connectivity index (χ4v) is 7.14. The van der Waals surface area contributed by atoms with Crippen molar-refractivity contribution in [3.63, 3.8) is 0 Å². The number of aromatic nitrogens is 2. The van der Waals surface area contributed by atoms with Gasteiger partial charge in [0.15, 0.2) is 9.84 Å². The zero-order chi connectivity index (χ0) is 29.5. The fourth-order valence-electron chi connectivity index (χ4n) is 6.51. The van der Waals surface area contributed by atoms with Gasteiger partial charge in [-0.2, -0.15) is 0 Å². The van der Waals surface area contributed by atoms with Gasteiger partial charge in [-0.25, -0.2) is 13.4 Å². The van der Waals surface area contributed by atoms with Crippen LogP contribution in [0.25, 0.3) is 22.2 Å². The van der Waals surface area contributed by atoms with E-state index in [1.807, 2.05) is 18.3 Å². The Kier molecular flexibility index (Phi) is 9.78. The van der Waals surface area contributed by atoms with Gasteiger partial charge in [-0.05, 0) is 73.9 Å². The van der Waals surface area contributed by atoms with Gasteiger partial charge in [0.1, 0.15) is 5.65 Å². The van der Waals surface area contributed by atoms with Crippen molar-refractivity contribution < 1.29 is 13.2 Å². The monoisotopic (exact) mass is 585 g/mol. The quantitative estimate of drug-likeness (QED) is 0.183. The largest absolute Gasteiger partial charge is 0.352 e. The Hall–Kier alpha value is -3.45. The Morgan fingerprint density at radius 1 is 0.952 bits per heavy atom. The van der Waals surface area contributed by atoms with Gasteiger partial charge < -0.3 is 9.88 Å². The lowest BCUT2D eigenvalue weighted by molar-refractivity contribution is -0.127. The summed E-state index contributed by atoms with van der Waals surface area (Å²) in [5.74, 6) is 0.528. The molecule has 0 bridgehead atoms. The van der Waals surface area contributed by atoms with Crippen LogP contribution in [0.2, 0.25) is 0 Å². The van der Waals surface area contributed by atoms with E-state index in [1.54, 1.807) is 24.3 Å². The molecule has 1 amide bonds. The van der Waals surface area contributed by atoms with E-state index in [1.165, 1.54) is 43.1 Å². The van der Waals surface area contributed by atoms with Crippen molar-refractivity contribution in [2.24, 2.45) is 11.8 Å². The molecule has 0 spiro atoms. The number of nitrogens with one attached hydrogen (secondary N) is 1. The number of fused-ring (bicyclic) bond motifs is 1. The van der Waals surface area contributed by atoms with E-state index in [0.717, 1.165) is 48.7 Å². The van der Waals surface area contributed by atoms with E-state index in [2.05, 4.69) is 53.3 Å². The van der Waals surface area contributed by atoms with Crippen LogP contribution >= 0.6 is 0 Å². The van der Waals surface area contributed by atoms with Crippen molar-refractivity contribution in [3.8, 4) is 11.1 Å². The summed E-state index contributed by atoms with van der Waals surface area (Å²) in [6, 6.07) is 21.7. The highest BCUT2D eigenvalue weighted by molar-refractivity contribution is 7.90. The number of sulfone groups is 1. The number of pyridine rings is 1. The maximum Gasteiger partial charge on any atom is 0.223 e. The number of carbonyl (C=O) groups is 1. The van der Waals surface area contributed by atoms with Crippen LogP contribution in [0, 0.1) is 11.8 Å². The topological polar surface area (TPSA) is 81.1 Å². The van der Waals surface area contributed by atoms with E-state index >= 15 is 0 Å². The van der Waals surface area contributed by atoms with Crippen molar-refractivity contribution in [3.05, 3.63) is 84.7 Å². The van der Waals surface area contributed by atoms with Crippen LogP contribution in [-0.2, 0) is 21.2 Å².